The number of nitrogens with zero attached hydrogens (tertiary/aromatic N) is 4. The summed E-state index contributed by atoms with van der Waals surface area (Å²) in [6, 6.07) is 21.5. The Morgan fingerprint density at radius 1 is 0.750 bits per heavy atom. The number of likely N-dealkylation sites (N-methyl/N-ethyl adjacent to an activating group) is 1. The normalized spacial score (nSPS) is 16.5. The van der Waals surface area contributed by atoms with E-state index >= 15 is 0 Å². The van der Waals surface area contributed by atoms with Crippen LogP contribution in [0, 0.1) is 0 Å². The third kappa shape index (κ3) is 13.3. The van der Waals surface area contributed by atoms with Gasteiger partial charge in [0, 0.05) is 93.5 Å². The van der Waals surface area contributed by atoms with Crippen LogP contribution in [0.5, 0.6) is 5.75 Å². The quantitative estimate of drug-likeness (QED) is 0.114. The second kappa shape index (κ2) is 19.1. The van der Waals surface area contributed by atoms with Gasteiger partial charge in [-0.15, -0.1) is 0 Å². The summed E-state index contributed by atoms with van der Waals surface area (Å²) in [6.07, 6.45) is 2.89. The second-order valence-electron chi connectivity index (χ2n) is 17.4. The third-order valence-corrected chi connectivity index (χ3v) is 10.5. The molecular weight excluding hydrogens is 707 g/mol. The van der Waals surface area contributed by atoms with Crippen molar-refractivity contribution >= 4 is 23.6 Å². The average Bonchev–Trinajstić information content (AvgIpc) is 3.15. The molecule has 0 unspecified atom stereocenters. The number of quaternary nitrogens is 1. The number of hydrogen-bond acceptors (Lipinski definition) is 9. The van der Waals surface area contributed by atoms with E-state index in [4.69, 9.17) is 19.2 Å². The van der Waals surface area contributed by atoms with Gasteiger partial charge in [0.15, 0.2) is 0 Å². The van der Waals surface area contributed by atoms with E-state index in [1.807, 2.05) is 53.7 Å². The first-order valence-corrected chi connectivity index (χ1v) is 20.3. The van der Waals surface area contributed by atoms with Crippen LogP contribution in [0.1, 0.15) is 67.2 Å². The lowest BCUT2D eigenvalue weighted by Crippen LogP contribution is -2.56. The summed E-state index contributed by atoms with van der Waals surface area (Å²) >= 11 is 0. The highest BCUT2D eigenvalue weighted by Crippen LogP contribution is 2.31. The molecule has 3 heterocycles. The van der Waals surface area contributed by atoms with E-state index in [1.165, 1.54) is 5.69 Å². The lowest BCUT2D eigenvalue weighted by Gasteiger charge is -2.44. The molecule has 2 aliphatic heterocycles. The highest BCUT2D eigenvalue weighted by molar-refractivity contribution is 5.73. The minimum atomic E-state index is -0.534. The average molecular weight is 773 g/mol. The molecule has 3 aromatic rings. The Hall–Kier alpha value is -4.55. The fraction of sp³-hybridized carbons (Fsp3) is 0.568. The lowest BCUT2D eigenvalue weighted by molar-refractivity contribution is -0.932. The van der Waals surface area contributed by atoms with Gasteiger partial charge in [0.25, 0.3) is 0 Å². The summed E-state index contributed by atoms with van der Waals surface area (Å²) in [5.74, 6) is 0.813. The van der Waals surface area contributed by atoms with Crippen molar-refractivity contribution < 1.29 is 28.3 Å². The number of pyridine rings is 1. The Morgan fingerprint density at radius 2 is 1.23 bits per heavy atom. The molecule has 2 fully saturated rings. The predicted molar refractivity (Wildman–Crippen MR) is 225 cm³/mol. The first-order valence-electron chi connectivity index (χ1n) is 20.3. The van der Waals surface area contributed by atoms with Gasteiger partial charge >= 0.3 is 12.2 Å². The Morgan fingerprint density at radius 3 is 1.70 bits per heavy atom. The summed E-state index contributed by atoms with van der Waals surface area (Å²) in [6.45, 7) is 20.4. The number of hydrogen-bond donors (Lipinski definition) is 3. The molecule has 0 bridgehead atoms. The fourth-order valence-corrected chi connectivity index (χ4v) is 7.47. The van der Waals surface area contributed by atoms with Crippen LogP contribution in [0.2, 0.25) is 0 Å². The number of rotatable bonds is 14. The number of alkyl carbamates (subject to hydrolysis) is 2. The van der Waals surface area contributed by atoms with E-state index in [-0.39, 0.29) is 12.2 Å². The second-order valence-corrected chi connectivity index (χ2v) is 17.4. The first-order chi connectivity index (χ1) is 26.6. The van der Waals surface area contributed by atoms with Gasteiger partial charge < -0.3 is 44.4 Å². The number of piperazine rings is 1. The number of likely N-dealkylation sites (tertiary alicyclic amines) is 1. The van der Waals surface area contributed by atoms with Crippen LogP contribution in [-0.2, 0) is 9.47 Å². The fourth-order valence-electron chi connectivity index (χ4n) is 7.47. The molecule has 1 aromatic heterocycles. The van der Waals surface area contributed by atoms with E-state index < -0.39 is 11.2 Å². The molecule has 2 saturated heterocycles. The minimum absolute atomic E-state index is 0.291. The molecule has 306 valence electrons. The molecule has 0 saturated carbocycles. The third-order valence-electron chi connectivity index (χ3n) is 10.5. The Bertz CT molecular complexity index is 1670. The monoisotopic (exact) mass is 773 g/mol. The van der Waals surface area contributed by atoms with E-state index in [0.717, 1.165) is 116 Å². The zero-order valence-corrected chi connectivity index (χ0v) is 35.1. The number of amides is 2. The molecule has 0 radical (unpaired) electrons. The van der Waals surface area contributed by atoms with Crippen LogP contribution < -0.4 is 25.6 Å². The van der Waals surface area contributed by atoms with Gasteiger partial charge in [-0.2, -0.15) is 0 Å². The molecule has 0 spiro atoms. The van der Waals surface area contributed by atoms with Crippen molar-refractivity contribution in [1.82, 2.24) is 20.5 Å². The van der Waals surface area contributed by atoms with Gasteiger partial charge in [-0.05, 0) is 97.1 Å². The van der Waals surface area contributed by atoms with Gasteiger partial charge in [-0.25, -0.2) is 14.6 Å². The number of carbonyl (C=O) groups is 2. The molecule has 5 rings (SSSR count). The summed E-state index contributed by atoms with van der Waals surface area (Å²) in [4.78, 5) is 34.6. The number of carbonyl (C=O) groups excluding carboxylic acids is 2. The van der Waals surface area contributed by atoms with E-state index in [0.29, 0.717) is 19.1 Å². The standard InChI is InChI=1S/C44H65N7O5/c1-43(2,3)55-41(52)45-21-9-27-51(28-10-22-46-42(53)56-44(4,5)6)29-19-35(20-30-51)47-36-31-39(48-40(32-36)34-13-17-38(54-8)18-14-34)33-11-15-37(16-12-33)50-25-23-49(7)24-26-50/h11-18,31-32,35H,9-10,19-30H2,1-8H3,(H2-,45,46,47,48,52,53)/p+1. The molecule has 3 N–H and O–H groups in total. The highest BCUT2D eigenvalue weighted by atomic mass is 16.6. The molecule has 12 heteroatoms. The zero-order valence-electron chi connectivity index (χ0n) is 35.1. The predicted octanol–water partition coefficient (Wildman–Crippen LogP) is 7.40. The number of nitrogens with one attached hydrogen (secondary N) is 3. The first kappa shape index (κ1) is 42.6. The van der Waals surface area contributed by atoms with Crippen molar-refractivity contribution in [1.29, 1.82) is 0 Å². The molecule has 0 atom stereocenters. The van der Waals surface area contributed by atoms with E-state index in [9.17, 15) is 9.59 Å². The van der Waals surface area contributed by atoms with Crippen molar-refractivity contribution in [2.75, 3.05) is 89.8 Å². The Balaban J connectivity index is 1.28. The molecule has 2 amide bonds. The summed E-state index contributed by atoms with van der Waals surface area (Å²) in [5.41, 5.74) is 5.19. The topological polar surface area (TPSA) is 117 Å². The lowest BCUT2D eigenvalue weighted by atomic mass is 9.99. The number of aromatic nitrogens is 1. The van der Waals surface area contributed by atoms with Crippen LogP contribution in [0.3, 0.4) is 0 Å². The summed E-state index contributed by atoms with van der Waals surface area (Å²) in [7, 11) is 3.86. The van der Waals surface area contributed by atoms with Crippen LogP contribution >= 0.6 is 0 Å². The number of piperidine rings is 1. The molecule has 2 aliphatic rings. The van der Waals surface area contributed by atoms with Crippen LogP contribution in [0.25, 0.3) is 22.5 Å². The molecule has 56 heavy (non-hydrogen) atoms. The molecule has 2 aromatic carbocycles. The molecule has 0 aliphatic carbocycles. The van der Waals surface area contributed by atoms with Crippen LogP contribution in [0.4, 0.5) is 21.0 Å². The van der Waals surface area contributed by atoms with Crippen LogP contribution in [0.15, 0.2) is 60.7 Å². The number of methoxy groups -OCH3 is 1. The van der Waals surface area contributed by atoms with Gasteiger partial charge in [-0.1, -0.05) is 12.1 Å². The molecule has 12 nitrogen and oxygen atoms in total. The number of ether oxygens (including phenoxy) is 3. The number of benzene rings is 2. The van der Waals surface area contributed by atoms with Crippen molar-refractivity contribution in [2.24, 2.45) is 0 Å². The van der Waals surface area contributed by atoms with E-state index in [1.54, 1.807) is 7.11 Å². The maximum absolute atomic E-state index is 12.3. The summed E-state index contributed by atoms with van der Waals surface area (Å²) < 4.78 is 17.3. The number of anilines is 2. The largest absolute Gasteiger partial charge is 0.497 e. The SMILES string of the molecule is COc1ccc(-c2cc(NC3CC[N+](CCCNC(=O)OC(C)(C)C)(CCCNC(=O)OC(C)(C)C)CC3)cc(-c3ccc(N4CCN(C)CC4)cc3)n2)cc1. The van der Waals surface area contributed by atoms with Crippen molar-refractivity contribution in [3.63, 3.8) is 0 Å². The van der Waals surface area contributed by atoms with E-state index in [2.05, 4.69) is 81.3 Å². The Labute approximate surface area is 334 Å². The maximum atomic E-state index is 12.3. The van der Waals surface area contributed by atoms with Gasteiger partial charge in [0.1, 0.15) is 17.0 Å². The molecular formula is C44H66N7O5+. The zero-order chi connectivity index (χ0) is 40.3. The maximum Gasteiger partial charge on any atom is 0.407 e. The van der Waals surface area contributed by atoms with Crippen molar-refractivity contribution in [3.05, 3.63) is 60.7 Å². The van der Waals surface area contributed by atoms with Crippen molar-refractivity contribution in [2.45, 2.75) is 84.5 Å². The van der Waals surface area contributed by atoms with Gasteiger partial charge in [-0.3, -0.25) is 0 Å². The smallest absolute Gasteiger partial charge is 0.407 e. The van der Waals surface area contributed by atoms with Crippen molar-refractivity contribution in [3.8, 4) is 28.3 Å². The minimum Gasteiger partial charge on any atom is -0.497 e. The highest BCUT2D eigenvalue weighted by Gasteiger charge is 2.33. The Kier molecular flexibility index (Phi) is 14.5. The summed E-state index contributed by atoms with van der Waals surface area (Å²) in [5, 5.41) is 9.77. The van der Waals surface area contributed by atoms with Gasteiger partial charge in [0.05, 0.1) is 44.7 Å². The van der Waals surface area contributed by atoms with Crippen LogP contribution in [-0.4, -0.2) is 123 Å². The van der Waals surface area contributed by atoms with Gasteiger partial charge in [0.2, 0.25) is 0 Å².